The highest BCUT2D eigenvalue weighted by molar-refractivity contribution is 5.83. The van der Waals surface area contributed by atoms with Gasteiger partial charge in [0.1, 0.15) is 0 Å². The summed E-state index contributed by atoms with van der Waals surface area (Å²) in [6.45, 7) is 2.52. The van der Waals surface area contributed by atoms with Crippen molar-refractivity contribution in [1.29, 1.82) is 0 Å². The lowest BCUT2D eigenvalue weighted by atomic mass is 9.89. The van der Waals surface area contributed by atoms with Crippen molar-refractivity contribution in [2.75, 3.05) is 6.61 Å². The van der Waals surface area contributed by atoms with Crippen molar-refractivity contribution in [1.82, 2.24) is 0 Å². The van der Waals surface area contributed by atoms with Crippen molar-refractivity contribution in [2.24, 2.45) is 0 Å². The fraction of sp³-hybridized carbons (Fsp3) is 0.900. The van der Waals surface area contributed by atoms with Crippen LogP contribution in [0.5, 0.6) is 0 Å². The van der Waals surface area contributed by atoms with Crippen molar-refractivity contribution < 1.29 is 14.3 Å². The van der Waals surface area contributed by atoms with Gasteiger partial charge in [0.2, 0.25) is 0 Å². The minimum atomic E-state index is -0.507. The third-order valence-electron chi connectivity index (χ3n) is 2.86. The van der Waals surface area contributed by atoms with Gasteiger partial charge in [0, 0.05) is 0 Å². The summed E-state index contributed by atoms with van der Waals surface area (Å²) in [6.07, 6.45) is 5.23. The number of esters is 1. The van der Waals surface area contributed by atoms with Crippen LogP contribution in [0.25, 0.3) is 0 Å². The van der Waals surface area contributed by atoms with Crippen LogP contribution in [0.1, 0.15) is 39.0 Å². The highest BCUT2D eigenvalue weighted by Gasteiger charge is 2.64. The van der Waals surface area contributed by atoms with Crippen molar-refractivity contribution >= 4 is 5.97 Å². The van der Waals surface area contributed by atoms with Gasteiger partial charge in [-0.15, -0.1) is 0 Å². The minimum Gasteiger partial charge on any atom is -0.463 e. The second-order valence-corrected chi connectivity index (χ2v) is 3.88. The number of rotatable bonds is 3. The maximum Gasteiger partial charge on any atom is 0.341 e. The Morgan fingerprint density at radius 1 is 1.62 bits per heavy atom. The van der Waals surface area contributed by atoms with Crippen LogP contribution in [0.2, 0.25) is 0 Å². The van der Waals surface area contributed by atoms with Gasteiger partial charge in [-0.2, -0.15) is 0 Å². The Morgan fingerprint density at radius 2 is 2.46 bits per heavy atom. The summed E-state index contributed by atoms with van der Waals surface area (Å²) in [7, 11) is 0. The first kappa shape index (κ1) is 9.00. The van der Waals surface area contributed by atoms with Gasteiger partial charge in [0.05, 0.1) is 12.7 Å². The number of hydrogen-bond acceptors (Lipinski definition) is 3. The maximum atomic E-state index is 11.6. The smallest absolute Gasteiger partial charge is 0.341 e. The highest BCUT2D eigenvalue weighted by atomic mass is 16.7. The second kappa shape index (κ2) is 3.29. The van der Waals surface area contributed by atoms with E-state index in [0.29, 0.717) is 6.61 Å². The molecule has 2 unspecified atom stereocenters. The second-order valence-electron chi connectivity index (χ2n) is 3.88. The Morgan fingerprint density at radius 3 is 3.15 bits per heavy atom. The average molecular weight is 184 g/mol. The monoisotopic (exact) mass is 184 g/mol. The number of fused-ring (bicyclic) bond motifs is 1. The molecule has 1 heterocycles. The molecule has 2 atom stereocenters. The molecule has 0 radical (unpaired) electrons. The van der Waals surface area contributed by atoms with E-state index in [0.717, 1.165) is 25.7 Å². The summed E-state index contributed by atoms with van der Waals surface area (Å²) in [5, 5.41) is 0. The predicted molar refractivity (Wildman–Crippen MR) is 47.3 cm³/mol. The summed E-state index contributed by atoms with van der Waals surface area (Å²) >= 11 is 0. The molecule has 3 heteroatoms. The first-order valence-electron chi connectivity index (χ1n) is 5.14. The van der Waals surface area contributed by atoms with Gasteiger partial charge < -0.3 is 9.47 Å². The molecule has 3 nitrogen and oxygen atoms in total. The first-order chi connectivity index (χ1) is 6.29. The van der Waals surface area contributed by atoms with Crippen molar-refractivity contribution in [2.45, 2.75) is 50.7 Å². The molecule has 0 bridgehead atoms. The van der Waals surface area contributed by atoms with E-state index >= 15 is 0 Å². The topological polar surface area (TPSA) is 38.8 Å². The van der Waals surface area contributed by atoms with E-state index < -0.39 is 5.60 Å². The molecule has 0 amide bonds. The zero-order valence-corrected chi connectivity index (χ0v) is 8.04. The molecule has 74 valence electrons. The Balaban J connectivity index is 1.89. The number of epoxide rings is 1. The maximum absolute atomic E-state index is 11.6. The van der Waals surface area contributed by atoms with Crippen LogP contribution in [0, 0.1) is 0 Å². The van der Waals surface area contributed by atoms with E-state index in [1.165, 1.54) is 6.42 Å². The number of carbonyl (C=O) groups excluding carboxylic acids is 1. The van der Waals surface area contributed by atoms with Gasteiger partial charge in [-0.1, -0.05) is 13.3 Å². The molecular weight excluding hydrogens is 168 g/mol. The molecule has 0 aromatic carbocycles. The molecule has 2 aliphatic rings. The van der Waals surface area contributed by atoms with Crippen LogP contribution >= 0.6 is 0 Å². The molecule has 1 saturated heterocycles. The largest absolute Gasteiger partial charge is 0.463 e. The molecule has 0 aromatic rings. The average Bonchev–Trinajstić information content (AvgIpc) is 2.89. The van der Waals surface area contributed by atoms with Gasteiger partial charge in [-0.25, -0.2) is 4.79 Å². The van der Waals surface area contributed by atoms with E-state index in [-0.39, 0.29) is 12.1 Å². The molecule has 1 aliphatic carbocycles. The highest BCUT2D eigenvalue weighted by Crippen LogP contribution is 2.48. The lowest BCUT2D eigenvalue weighted by molar-refractivity contribution is -0.150. The van der Waals surface area contributed by atoms with Crippen LogP contribution in [0.15, 0.2) is 0 Å². The minimum absolute atomic E-state index is 0.126. The van der Waals surface area contributed by atoms with Crippen LogP contribution in [0.4, 0.5) is 0 Å². The molecule has 1 saturated carbocycles. The van der Waals surface area contributed by atoms with Gasteiger partial charge in [0.25, 0.3) is 0 Å². The Kier molecular flexibility index (Phi) is 2.28. The Labute approximate surface area is 78.4 Å². The van der Waals surface area contributed by atoms with Crippen LogP contribution in [0.3, 0.4) is 0 Å². The van der Waals surface area contributed by atoms with Crippen LogP contribution in [-0.2, 0) is 14.3 Å². The molecule has 2 rings (SSSR count). The standard InChI is InChI=1S/C10H16O3/c1-2-7-12-9(11)10-6-4-3-5-8(10)13-10/h8H,2-7H2,1H3. The lowest BCUT2D eigenvalue weighted by Gasteiger charge is -2.15. The van der Waals surface area contributed by atoms with E-state index in [1.54, 1.807) is 0 Å². The van der Waals surface area contributed by atoms with Gasteiger partial charge in [-0.3, -0.25) is 0 Å². The van der Waals surface area contributed by atoms with Gasteiger partial charge in [0.15, 0.2) is 5.60 Å². The van der Waals surface area contributed by atoms with Gasteiger partial charge >= 0.3 is 5.97 Å². The molecule has 1 aliphatic heterocycles. The number of hydrogen-bond donors (Lipinski definition) is 0. The fourth-order valence-electron chi connectivity index (χ4n) is 2.05. The molecule has 0 aromatic heterocycles. The Hall–Kier alpha value is -0.570. The number of carbonyl (C=O) groups is 1. The summed E-state index contributed by atoms with van der Waals surface area (Å²) in [6, 6.07) is 0. The zero-order valence-electron chi connectivity index (χ0n) is 8.04. The number of ether oxygens (including phenoxy) is 2. The third-order valence-corrected chi connectivity index (χ3v) is 2.86. The predicted octanol–water partition coefficient (Wildman–Crippen LogP) is 1.65. The van der Waals surface area contributed by atoms with E-state index in [9.17, 15) is 4.79 Å². The lowest BCUT2D eigenvalue weighted by Crippen LogP contribution is -2.32. The first-order valence-corrected chi connectivity index (χ1v) is 5.14. The SMILES string of the molecule is CCCOC(=O)C12CCCCC1O2. The zero-order chi connectivity index (χ0) is 9.31. The molecule has 2 fully saturated rings. The summed E-state index contributed by atoms with van der Waals surface area (Å²) in [5.74, 6) is -0.126. The molecular formula is C10H16O3. The summed E-state index contributed by atoms with van der Waals surface area (Å²) in [5.41, 5.74) is -0.507. The van der Waals surface area contributed by atoms with Crippen molar-refractivity contribution in [3.05, 3.63) is 0 Å². The van der Waals surface area contributed by atoms with Gasteiger partial charge in [-0.05, 0) is 25.7 Å². The van der Waals surface area contributed by atoms with E-state index in [4.69, 9.17) is 9.47 Å². The normalized spacial score (nSPS) is 36.5. The molecule has 13 heavy (non-hydrogen) atoms. The summed E-state index contributed by atoms with van der Waals surface area (Å²) < 4.78 is 10.6. The Bertz CT molecular complexity index is 214. The van der Waals surface area contributed by atoms with Crippen LogP contribution in [-0.4, -0.2) is 24.3 Å². The van der Waals surface area contributed by atoms with E-state index in [2.05, 4.69) is 0 Å². The van der Waals surface area contributed by atoms with Crippen LogP contribution < -0.4 is 0 Å². The summed E-state index contributed by atoms with van der Waals surface area (Å²) in [4.78, 5) is 11.6. The van der Waals surface area contributed by atoms with E-state index in [1.807, 2.05) is 6.92 Å². The fourth-order valence-corrected chi connectivity index (χ4v) is 2.05. The quantitative estimate of drug-likeness (QED) is 0.494. The van der Waals surface area contributed by atoms with Crippen molar-refractivity contribution in [3.8, 4) is 0 Å². The molecule has 0 N–H and O–H groups in total. The van der Waals surface area contributed by atoms with Crippen molar-refractivity contribution in [3.63, 3.8) is 0 Å². The third kappa shape index (κ3) is 1.46. The molecule has 0 spiro atoms.